The zero-order valence-corrected chi connectivity index (χ0v) is 9.39. The van der Waals surface area contributed by atoms with E-state index in [1.165, 1.54) is 13.2 Å². The molecule has 17 heavy (non-hydrogen) atoms. The molecule has 0 fully saturated rings. The van der Waals surface area contributed by atoms with Gasteiger partial charge in [0.2, 0.25) is 0 Å². The normalized spacial score (nSPS) is 21.7. The molecule has 0 bridgehead atoms. The first-order chi connectivity index (χ1) is 7.89. The Kier molecular flexibility index (Phi) is 2.71. The van der Waals surface area contributed by atoms with Crippen LogP contribution in [0.3, 0.4) is 0 Å². The van der Waals surface area contributed by atoms with Crippen molar-refractivity contribution >= 4 is 17.5 Å². The minimum Gasteiger partial charge on any atom is -0.495 e. The molecule has 4 nitrogen and oxygen atoms in total. The van der Waals surface area contributed by atoms with E-state index in [0.29, 0.717) is 0 Å². The average Bonchev–Trinajstić information content (AvgIpc) is 2.26. The summed E-state index contributed by atoms with van der Waals surface area (Å²) in [6.07, 6.45) is -2.26. The molecule has 1 heterocycles. The van der Waals surface area contributed by atoms with Gasteiger partial charge in [-0.3, -0.25) is 4.79 Å². The van der Waals surface area contributed by atoms with Crippen LogP contribution in [-0.4, -0.2) is 24.4 Å². The summed E-state index contributed by atoms with van der Waals surface area (Å²) in [7, 11) is 1.31. The smallest absolute Gasteiger partial charge is 0.317 e. The number of alkyl halides is 2. The van der Waals surface area contributed by atoms with Gasteiger partial charge in [0, 0.05) is 5.56 Å². The lowest BCUT2D eigenvalue weighted by Gasteiger charge is -2.30. The SMILES string of the molecule is COc1ccc2c(c1Cl)C(=O)NC(O)C2(F)F. The quantitative estimate of drug-likeness (QED) is 0.807. The van der Waals surface area contributed by atoms with Crippen molar-refractivity contribution in [1.29, 1.82) is 0 Å². The van der Waals surface area contributed by atoms with E-state index in [9.17, 15) is 13.6 Å². The number of fused-ring (bicyclic) bond motifs is 1. The van der Waals surface area contributed by atoms with Crippen LogP contribution in [0.2, 0.25) is 5.02 Å². The lowest BCUT2D eigenvalue weighted by atomic mass is 9.95. The summed E-state index contributed by atoms with van der Waals surface area (Å²) in [4.78, 5) is 11.5. The Labute approximate surface area is 100 Å². The van der Waals surface area contributed by atoms with Gasteiger partial charge in [-0.05, 0) is 12.1 Å². The number of nitrogens with one attached hydrogen (secondary N) is 1. The Morgan fingerprint density at radius 3 is 2.76 bits per heavy atom. The molecule has 0 aromatic heterocycles. The Bertz CT molecular complexity index is 493. The Hall–Kier alpha value is -1.40. The van der Waals surface area contributed by atoms with Crippen LogP contribution in [0.25, 0.3) is 0 Å². The summed E-state index contributed by atoms with van der Waals surface area (Å²) >= 11 is 5.80. The number of aliphatic hydroxyl groups excluding tert-OH is 1. The molecular weight excluding hydrogens is 256 g/mol. The highest BCUT2D eigenvalue weighted by molar-refractivity contribution is 6.35. The first kappa shape index (κ1) is 12.1. The summed E-state index contributed by atoms with van der Waals surface area (Å²) in [6, 6.07) is 2.24. The molecule has 1 aromatic carbocycles. The van der Waals surface area contributed by atoms with Gasteiger partial charge < -0.3 is 15.2 Å². The molecule has 0 radical (unpaired) electrons. The highest BCUT2D eigenvalue weighted by Crippen LogP contribution is 2.42. The van der Waals surface area contributed by atoms with E-state index in [4.69, 9.17) is 21.4 Å². The Morgan fingerprint density at radius 1 is 1.53 bits per heavy atom. The molecule has 92 valence electrons. The van der Waals surface area contributed by atoms with Crippen molar-refractivity contribution < 1.29 is 23.4 Å². The molecule has 1 amide bonds. The minimum atomic E-state index is -3.58. The molecule has 0 saturated heterocycles. The zero-order valence-electron chi connectivity index (χ0n) is 8.63. The molecule has 1 aliphatic heterocycles. The number of hydrogen-bond donors (Lipinski definition) is 2. The molecule has 2 N–H and O–H groups in total. The van der Waals surface area contributed by atoms with Crippen LogP contribution in [0.15, 0.2) is 12.1 Å². The molecule has 1 unspecified atom stereocenters. The van der Waals surface area contributed by atoms with Gasteiger partial charge in [0.1, 0.15) is 5.75 Å². The monoisotopic (exact) mass is 263 g/mol. The van der Waals surface area contributed by atoms with Crippen molar-refractivity contribution in [2.75, 3.05) is 7.11 Å². The molecule has 0 aliphatic carbocycles. The first-order valence-electron chi connectivity index (χ1n) is 4.63. The third-order valence-corrected chi connectivity index (χ3v) is 2.90. The molecule has 0 saturated carbocycles. The van der Waals surface area contributed by atoms with E-state index in [1.54, 1.807) is 5.32 Å². The van der Waals surface area contributed by atoms with Gasteiger partial charge in [-0.15, -0.1) is 0 Å². The van der Waals surface area contributed by atoms with Crippen LogP contribution in [0, 0.1) is 0 Å². The number of aliphatic hydroxyl groups is 1. The van der Waals surface area contributed by atoms with E-state index < -0.39 is 23.6 Å². The second-order valence-electron chi connectivity index (χ2n) is 3.50. The molecule has 7 heteroatoms. The van der Waals surface area contributed by atoms with Crippen LogP contribution in [0.1, 0.15) is 15.9 Å². The van der Waals surface area contributed by atoms with Crippen LogP contribution in [-0.2, 0) is 5.92 Å². The minimum absolute atomic E-state index is 0.118. The number of methoxy groups -OCH3 is 1. The van der Waals surface area contributed by atoms with Crippen molar-refractivity contribution in [2.24, 2.45) is 0 Å². The molecule has 2 rings (SSSR count). The summed E-state index contributed by atoms with van der Waals surface area (Å²) < 4.78 is 32.1. The largest absolute Gasteiger partial charge is 0.495 e. The number of hydrogen-bond acceptors (Lipinski definition) is 3. The van der Waals surface area contributed by atoms with Crippen molar-refractivity contribution in [1.82, 2.24) is 5.32 Å². The number of ether oxygens (including phenoxy) is 1. The summed E-state index contributed by atoms with van der Waals surface area (Å²) in [5, 5.41) is 10.7. The number of amides is 1. The third kappa shape index (κ3) is 1.64. The molecule has 0 spiro atoms. The lowest BCUT2D eigenvalue weighted by Crippen LogP contribution is -2.51. The standard InChI is InChI=1S/C10H8ClF2NO3/c1-17-5-3-2-4-6(7(5)11)8(15)14-9(16)10(4,12)13/h2-3,9,16H,1H3,(H,14,15). The van der Waals surface area contributed by atoms with Gasteiger partial charge in [-0.1, -0.05) is 11.6 Å². The van der Waals surface area contributed by atoms with E-state index in [0.717, 1.165) is 6.07 Å². The van der Waals surface area contributed by atoms with E-state index in [2.05, 4.69) is 0 Å². The predicted octanol–water partition coefficient (Wildman–Crippen LogP) is 1.50. The molecule has 1 atom stereocenters. The number of rotatable bonds is 1. The summed E-state index contributed by atoms with van der Waals surface area (Å²) in [6.45, 7) is 0. The van der Waals surface area contributed by atoms with Gasteiger partial charge in [0.15, 0.2) is 6.23 Å². The van der Waals surface area contributed by atoms with Gasteiger partial charge in [-0.2, -0.15) is 8.78 Å². The van der Waals surface area contributed by atoms with E-state index in [-0.39, 0.29) is 16.3 Å². The summed E-state index contributed by atoms with van der Waals surface area (Å²) in [5.41, 5.74) is -0.985. The number of halogens is 3. The van der Waals surface area contributed by atoms with Crippen molar-refractivity contribution in [2.45, 2.75) is 12.2 Å². The van der Waals surface area contributed by atoms with Gasteiger partial charge in [0.25, 0.3) is 5.91 Å². The predicted molar refractivity (Wildman–Crippen MR) is 55.4 cm³/mol. The fourth-order valence-corrected chi connectivity index (χ4v) is 1.98. The van der Waals surface area contributed by atoms with Crippen molar-refractivity contribution in [3.05, 3.63) is 28.3 Å². The van der Waals surface area contributed by atoms with Crippen LogP contribution >= 0.6 is 11.6 Å². The van der Waals surface area contributed by atoms with E-state index in [1.807, 2.05) is 0 Å². The highest BCUT2D eigenvalue weighted by atomic mass is 35.5. The van der Waals surface area contributed by atoms with Gasteiger partial charge >= 0.3 is 5.92 Å². The number of carbonyl (C=O) groups is 1. The van der Waals surface area contributed by atoms with Crippen LogP contribution in [0.4, 0.5) is 8.78 Å². The Morgan fingerprint density at radius 2 is 2.18 bits per heavy atom. The van der Waals surface area contributed by atoms with Gasteiger partial charge in [-0.25, -0.2) is 0 Å². The fourth-order valence-electron chi connectivity index (χ4n) is 1.65. The van der Waals surface area contributed by atoms with Crippen LogP contribution < -0.4 is 10.1 Å². The first-order valence-corrected chi connectivity index (χ1v) is 5.01. The van der Waals surface area contributed by atoms with Crippen molar-refractivity contribution in [3.63, 3.8) is 0 Å². The molecule has 1 aromatic rings. The maximum Gasteiger partial charge on any atom is 0.317 e. The van der Waals surface area contributed by atoms with Crippen molar-refractivity contribution in [3.8, 4) is 5.75 Å². The lowest BCUT2D eigenvalue weighted by molar-refractivity contribution is -0.128. The Balaban J connectivity index is 2.70. The maximum atomic E-state index is 13.6. The highest BCUT2D eigenvalue weighted by Gasteiger charge is 2.49. The number of carbonyl (C=O) groups excluding carboxylic acids is 1. The van der Waals surface area contributed by atoms with E-state index >= 15 is 0 Å². The molecule has 1 aliphatic rings. The topological polar surface area (TPSA) is 58.6 Å². The third-order valence-electron chi connectivity index (χ3n) is 2.52. The van der Waals surface area contributed by atoms with Gasteiger partial charge in [0.05, 0.1) is 17.7 Å². The zero-order chi connectivity index (χ0) is 12.8. The number of benzene rings is 1. The van der Waals surface area contributed by atoms with Crippen LogP contribution in [0.5, 0.6) is 5.75 Å². The second kappa shape index (κ2) is 3.82. The molecular formula is C10H8ClF2NO3. The summed E-state index contributed by atoms with van der Waals surface area (Å²) in [5.74, 6) is -4.32. The average molecular weight is 264 g/mol. The second-order valence-corrected chi connectivity index (χ2v) is 3.88. The fraction of sp³-hybridized carbons (Fsp3) is 0.300. The maximum absolute atomic E-state index is 13.6.